The van der Waals surface area contributed by atoms with Crippen LogP contribution in [-0.2, 0) is 14.8 Å². The van der Waals surface area contributed by atoms with Crippen LogP contribution in [0.4, 0.5) is 5.69 Å². The zero-order chi connectivity index (χ0) is 16.3. The Balaban J connectivity index is 2.32. The number of methoxy groups -OCH3 is 1. The first-order valence-corrected chi connectivity index (χ1v) is 8.13. The maximum absolute atomic E-state index is 12.3. The second-order valence-corrected chi connectivity index (χ2v) is 6.57. The van der Waals surface area contributed by atoms with E-state index in [1.165, 1.54) is 19.2 Å². The average Bonchev–Trinajstić information content (AvgIpc) is 2.97. The highest BCUT2D eigenvalue weighted by atomic mass is 32.2. The monoisotopic (exact) mass is 323 g/mol. The van der Waals surface area contributed by atoms with Gasteiger partial charge in [0.15, 0.2) is 0 Å². The summed E-state index contributed by atoms with van der Waals surface area (Å²) >= 11 is 0. The van der Waals surface area contributed by atoms with E-state index in [1.54, 1.807) is 12.1 Å². The van der Waals surface area contributed by atoms with Gasteiger partial charge in [-0.15, -0.1) is 0 Å². The van der Waals surface area contributed by atoms with Crippen molar-refractivity contribution in [3.63, 3.8) is 0 Å². The second-order valence-electron chi connectivity index (χ2n) is 4.96. The molecule has 0 saturated heterocycles. The number of benzene rings is 1. The quantitative estimate of drug-likeness (QED) is 0.855. The minimum absolute atomic E-state index is 0.154. The zero-order valence-corrected chi connectivity index (χ0v) is 13.3. The molecule has 0 aliphatic heterocycles. The number of para-hydroxylation sites is 1. The van der Waals surface area contributed by atoms with Crippen molar-refractivity contribution < 1.29 is 22.4 Å². The third kappa shape index (κ3) is 3.30. The Bertz CT molecular complexity index is 777. The van der Waals surface area contributed by atoms with Crippen LogP contribution in [0, 0.1) is 0 Å². The van der Waals surface area contributed by atoms with Gasteiger partial charge < -0.3 is 9.15 Å². The average molecular weight is 323 g/mol. The SMILES string of the molecule is COC(=O)c1ccc(S(=O)(=O)Nc2ccccc2C(C)C)o1. The molecule has 0 spiro atoms. The van der Waals surface area contributed by atoms with E-state index < -0.39 is 16.0 Å². The van der Waals surface area contributed by atoms with Gasteiger partial charge in [-0.05, 0) is 29.7 Å². The number of carbonyl (C=O) groups excluding carboxylic acids is 1. The molecule has 0 amide bonds. The van der Waals surface area contributed by atoms with Crippen molar-refractivity contribution in [1.29, 1.82) is 0 Å². The fourth-order valence-electron chi connectivity index (χ4n) is 1.96. The number of carbonyl (C=O) groups is 1. The van der Waals surface area contributed by atoms with Crippen molar-refractivity contribution >= 4 is 21.7 Å². The highest BCUT2D eigenvalue weighted by Gasteiger charge is 2.22. The Morgan fingerprint density at radius 3 is 2.50 bits per heavy atom. The highest BCUT2D eigenvalue weighted by Crippen LogP contribution is 2.26. The first-order chi connectivity index (χ1) is 10.3. The number of nitrogens with one attached hydrogen (secondary N) is 1. The van der Waals surface area contributed by atoms with E-state index in [0.717, 1.165) is 5.56 Å². The molecule has 0 radical (unpaired) electrons. The molecule has 22 heavy (non-hydrogen) atoms. The topological polar surface area (TPSA) is 85.6 Å². The van der Waals surface area contributed by atoms with Crippen molar-refractivity contribution in [3.05, 3.63) is 47.7 Å². The van der Waals surface area contributed by atoms with Gasteiger partial charge in [0.2, 0.25) is 10.9 Å². The predicted octanol–water partition coefficient (Wildman–Crippen LogP) is 2.99. The normalized spacial score (nSPS) is 11.5. The number of hydrogen-bond acceptors (Lipinski definition) is 5. The van der Waals surface area contributed by atoms with Gasteiger partial charge in [0, 0.05) is 0 Å². The summed E-state index contributed by atoms with van der Waals surface area (Å²) in [6.45, 7) is 3.94. The smallest absolute Gasteiger partial charge is 0.374 e. The maximum Gasteiger partial charge on any atom is 0.374 e. The number of sulfonamides is 1. The molecule has 1 aromatic carbocycles. The third-order valence-corrected chi connectivity index (χ3v) is 4.30. The van der Waals surface area contributed by atoms with E-state index >= 15 is 0 Å². The van der Waals surface area contributed by atoms with Crippen LogP contribution in [0.5, 0.6) is 0 Å². The molecule has 6 nitrogen and oxygen atoms in total. The Hall–Kier alpha value is -2.28. The maximum atomic E-state index is 12.3. The van der Waals surface area contributed by atoms with Crippen LogP contribution in [0.25, 0.3) is 0 Å². The van der Waals surface area contributed by atoms with Gasteiger partial charge >= 0.3 is 5.97 Å². The molecular formula is C15H17NO5S. The Morgan fingerprint density at radius 1 is 1.18 bits per heavy atom. The summed E-state index contributed by atoms with van der Waals surface area (Å²) in [7, 11) is -2.72. The molecule has 0 atom stereocenters. The van der Waals surface area contributed by atoms with Gasteiger partial charge in [-0.3, -0.25) is 4.72 Å². The molecule has 118 valence electrons. The van der Waals surface area contributed by atoms with Gasteiger partial charge in [0.25, 0.3) is 10.0 Å². The van der Waals surface area contributed by atoms with E-state index in [2.05, 4.69) is 9.46 Å². The zero-order valence-electron chi connectivity index (χ0n) is 12.5. The lowest BCUT2D eigenvalue weighted by molar-refractivity contribution is 0.0559. The number of rotatable bonds is 5. The molecule has 0 fully saturated rings. The minimum Gasteiger partial charge on any atom is -0.463 e. The lowest BCUT2D eigenvalue weighted by atomic mass is 10.0. The highest BCUT2D eigenvalue weighted by molar-refractivity contribution is 7.92. The van der Waals surface area contributed by atoms with Crippen molar-refractivity contribution in [2.24, 2.45) is 0 Å². The summed E-state index contributed by atoms with van der Waals surface area (Å²) in [5, 5.41) is -0.341. The minimum atomic E-state index is -3.91. The van der Waals surface area contributed by atoms with Crippen LogP contribution in [0.15, 0.2) is 45.9 Å². The fourth-order valence-corrected chi connectivity index (χ4v) is 2.99. The van der Waals surface area contributed by atoms with Gasteiger partial charge in [-0.25, -0.2) is 4.79 Å². The number of anilines is 1. The van der Waals surface area contributed by atoms with E-state index in [-0.39, 0.29) is 16.8 Å². The molecule has 7 heteroatoms. The third-order valence-electron chi connectivity index (χ3n) is 3.06. The van der Waals surface area contributed by atoms with Crippen LogP contribution >= 0.6 is 0 Å². The first-order valence-electron chi connectivity index (χ1n) is 6.65. The lowest BCUT2D eigenvalue weighted by Crippen LogP contribution is -2.14. The lowest BCUT2D eigenvalue weighted by Gasteiger charge is -2.13. The van der Waals surface area contributed by atoms with Crippen molar-refractivity contribution in [1.82, 2.24) is 0 Å². The summed E-state index contributed by atoms with van der Waals surface area (Å²) < 4.78 is 36.7. The summed E-state index contributed by atoms with van der Waals surface area (Å²) in [4.78, 5) is 11.3. The number of hydrogen-bond donors (Lipinski definition) is 1. The molecule has 0 aliphatic carbocycles. The van der Waals surface area contributed by atoms with E-state index in [0.29, 0.717) is 5.69 Å². The summed E-state index contributed by atoms with van der Waals surface area (Å²) in [5.74, 6) is -0.745. The Labute approximate surface area is 129 Å². The molecule has 0 bridgehead atoms. The first kappa shape index (κ1) is 16.1. The Morgan fingerprint density at radius 2 is 1.86 bits per heavy atom. The molecule has 0 saturated carbocycles. The van der Waals surface area contributed by atoms with Gasteiger partial charge in [0.1, 0.15) is 0 Å². The van der Waals surface area contributed by atoms with Crippen LogP contribution in [0.2, 0.25) is 0 Å². The molecule has 2 rings (SSSR count). The van der Waals surface area contributed by atoms with E-state index in [9.17, 15) is 13.2 Å². The van der Waals surface area contributed by atoms with Crippen LogP contribution in [-0.4, -0.2) is 21.5 Å². The number of furan rings is 1. The largest absolute Gasteiger partial charge is 0.463 e. The van der Waals surface area contributed by atoms with Crippen LogP contribution in [0.3, 0.4) is 0 Å². The number of esters is 1. The van der Waals surface area contributed by atoms with Crippen molar-refractivity contribution in [3.8, 4) is 0 Å². The standard InChI is InChI=1S/C15H17NO5S/c1-10(2)11-6-4-5-7-12(11)16-22(18,19)14-9-8-13(21-14)15(17)20-3/h4-10,16H,1-3H3. The number of ether oxygens (including phenoxy) is 1. The predicted molar refractivity (Wildman–Crippen MR) is 81.4 cm³/mol. The van der Waals surface area contributed by atoms with Gasteiger partial charge in [0.05, 0.1) is 12.8 Å². The molecule has 2 aromatic rings. The van der Waals surface area contributed by atoms with Crippen molar-refractivity contribution in [2.75, 3.05) is 11.8 Å². The summed E-state index contributed by atoms with van der Waals surface area (Å²) in [5.41, 5.74) is 1.35. The molecule has 0 unspecified atom stereocenters. The fraction of sp³-hybridized carbons (Fsp3) is 0.267. The van der Waals surface area contributed by atoms with E-state index in [4.69, 9.17) is 4.42 Å². The molecule has 1 aromatic heterocycles. The van der Waals surface area contributed by atoms with Gasteiger partial charge in [-0.1, -0.05) is 32.0 Å². The summed E-state index contributed by atoms with van der Waals surface area (Å²) in [6, 6.07) is 9.59. The molecule has 0 aliphatic rings. The van der Waals surface area contributed by atoms with Crippen LogP contribution in [0.1, 0.15) is 35.9 Å². The Kier molecular flexibility index (Phi) is 4.56. The molecule has 1 heterocycles. The summed E-state index contributed by atoms with van der Waals surface area (Å²) in [6.07, 6.45) is 0. The van der Waals surface area contributed by atoms with Gasteiger partial charge in [-0.2, -0.15) is 8.42 Å². The second kappa shape index (κ2) is 6.23. The van der Waals surface area contributed by atoms with Crippen LogP contribution < -0.4 is 4.72 Å². The molecular weight excluding hydrogens is 306 g/mol. The van der Waals surface area contributed by atoms with E-state index in [1.807, 2.05) is 26.0 Å². The molecule has 1 N–H and O–H groups in total. The van der Waals surface area contributed by atoms with Crippen molar-refractivity contribution in [2.45, 2.75) is 24.9 Å².